The number of piperazine rings is 1. The van der Waals surface area contributed by atoms with E-state index >= 15 is 0 Å². The second kappa shape index (κ2) is 9.68. The van der Waals surface area contributed by atoms with E-state index in [4.69, 9.17) is 0 Å². The van der Waals surface area contributed by atoms with Gasteiger partial charge in [0, 0.05) is 42.0 Å². The Hall–Kier alpha value is -2.29. The summed E-state index contributed by atoms with van der Waals surface area (Å²) < 4.78 is 26.1. The SMILES string of the molecule is O=C(CSc1ccc(F)cc1)N1CCN(Cc2nc(-c3ccc(F)cc3)cs2)CC1. The molecule has 1 fully saturated rings. The number of carbonyl (C=O) groups is 1. The maximum Gasteiger partial charge on any atom is 0.233 e. The smallest absolute Gasteiger partial charge is 0.233 e. The molecule has 3 aromatic rings. The number of halogens is 2. The van der Waals surface area contributed by atoms with Crippen molar-refractivity contribution in [1.29, 1.82) is 0 Å². The van der Waals surface area contributed by atoms with Gasteiger partial charge in [-0.05, 0) is 48.5 Å². The Labute approximate surface area is 182 Å². The van der Waals surface area contributed by atoms with Gasteiger partial charge < -0.3 is 4.90 Å². The minimum absolute atomic E-state index is 0.108. The van der Waals surface area contributed by atoms with Crippen LogP contribution >= 0.6 is 23.1 Å². The molecule has 0 radical (unpaired) electrons. The Morgan fingerprint density at radius 1 is 0.967 bits per heavy atom. The molecule has 8 heteroatoms. The lowest BCUT2D eigenvalue weighted by Gasteiger charge is -2.34. The summed E-state index contributed by atoms with van der Waals surface area (Å²) in [6.07, 6.45) is 0. The standard InChI is InChI=1S/C22H21F2N3OS2/c23-17-3-1-16(2-4-17)20-14-30-21(25-20)13-26-9-11-27(12-10-26)22(28)15-29-19-7-5-18(24)6-8-19/h1-8,14H,9-13,15H2. The number of benzene rings is 2. The molecule has 156 valence electrons. The fourth-order valence-electron chi connectivity index (χ4n) is 3.25. The molecule has 0 saturated carbocycles. The van der Waals surface area contributed by atoms with Gasteiger partial charge >= 0.3 is 0 Å². The molecule has 1 aliphatic heterocycles. The highest BCUT2D eigenvalue weighted by atomic mass is 32.2. The molecule has 0 spiro atoms. The van der Waals surface area contributed by atoms with Gasteiger partial charge in [-0.25, -0.2) is 13.8 Å². The molecular formula is C22H21F2N3OS2. The average Bonchev–Trinajstić information content (AvgIpc) is 3.22. The lowest BCUT2D eigenvalue weighted by molar-refractivity contribution is -0.130. The second-order valence-corrected chi connectivity index (χ2v) is 9.02. The zero-order valence-electron chi connectivity index (χ0n) is 16.3. The van der Waals surface area contributed by atoms with Crippen molar-refractivity contribution in [2.24, 2.45) is 0 Å². The first-order valence-corrected chi connectivity index (χ1v) is 11.5. The molecule has 0 N–H and O–H groups in total. The summed E-state index contributed by atoms with van der Waals surface area (Å²) in [7, 11) is 0. The van der Waals surface area contributed by atoms with Crippen LogP contribution in [0.1, 0.15) is 5.01 Å². The number of rotatable bonds is 6. The summed E-state index contributed by atoms with van der Waals surface area (Å²) >= 11 is 3.03. The van der Waals surface area contributed by atoms with Gasteiger partial charge in [0.05, 0.1) is 18.0 Å². The van der Waals surface area contributed by atoms with Crippen molar-refractivity contribution in [3.63, 3.8) is 0 Å². The largest absolute Gasteiger partial charge is 0.339 e. The molecule has 1 saturated heterocycles. The topological polar surface area (TPSA) is 36.4 Å². The summed E-state index contributed by atoms with van der Waals surface area (Å²) in [4.78, 5) is 22.2. The van der Waals surface area contributed by atoms with Crippen molar-refractivity contribution in [3.05, 3.63) is 70.6 Å². The van der Waals surface area contributed by atoms with Crippen LogP contribution in [0.25, 0.3) is 11.3 Å². The second-order valence-electron chi connectivity index (χ2n) is 7.03. The first kappa shape index (κ1) is 21.0. The number of nitrogens with zero attached hydrogens (tertiary/aromatic N) is 3. The first-order chi connectivity index (χ1) is 14.6. The summed E-state index contributed by atoms with van der Waals surface area (Å²) in [6, 6.07) is 12.6. The molecule has 2 aromatic carbocycles. The van der Waals surface area contributed by atoms with Gasteiger partial charge in [0.25, 0.3) is 0 Å². The van der Waals surface area contributed by atoms with Crippen molar-refractivity contribution >= 4 is 29.0 Å². The van der Waals surface area contributed by atoms with Crippen molar-refractivity contribution in [2.45, 2.75) is 11.4 Å². The highest BCUT2D eigenvalue weighted by molar-refractivity contribution is 8.00. The van der Waals surface area contributed by atoms with E-state index in [9.17, 15) is 13.6 Å². The fourth-order valence-corrected chi connectivity index (χ4v) is 4.90. The quantitative estimate of drug-likeness (QED) is 0.523. The minimum Gasteiger partial charge on any atom is -0.339 e. The van der Waals surface area contributed by atoms with Gasteiger partial charge in [0.2, 0.25) is 5.91 Å². The molecule has 4 nitrogen and oxygen atoms in total. The lowest BCUT2D eigenvalue weighted by Crippen LogP contribution is -2.48. The number of hydrogen-bond donors (Lipinski definition) is 0. The van der Waals surface area contributed by atoms with Gasteiger partial charge in [-0.1, -0.05) is 0 Å². The van der Waals surface area contributed by atoms with Crippen molar-refractivity contribution in [3.8, 4) is 11.3 Å². The van der Waals surface area contributed by atoms with Crippen LogP contribution in [-0.2, 0) is 11.3 Å². The van der Waals surface area contributed by atoms with E-state index in [-0.39, 0.29) is 17.5 Å². The van der Waals surface area contributed by atoms with Crippen LogP contribution in [0.3, 0.4) is 0 Å². The van der Waals surface area contributed by atoms with E-state index < -0.39 is 0 Å². The summed E-state index contributed by atoms with van der Waals surface area (Å²) in [5, 5.41) is 3.01. The molecule has 4 rings (SSSR count). The van der Waals surface area contributed by atoms with Crippen molar-refractivity contribution in [1.82, 2.24) is 14.8 Å². The van der Waals surface area contributed by atoms with Gasteiger partial charge in [0.15, 0.2) is 0 Å². The third kappa shape index (κ3) is 5.44. The molecule has 1 aromatic heterocycles. The van der Waals surface area contributed by atoms with Crippen molar-refractivity contribution in [2.75, 3.05) is 31.9 Å². The molecule has 2 heterocycles. The number of thioether (sulfide) groups is 1. The van der Waals surface area contributed by atoms with Crippen LogP contribution in [0.2, 0.25) is 0 Å². The minimum atomic E-state index is -0.271. The van der Waals surface area contributed by atoms with E-state index in [1.54, 1.807) is 35.6 Å². The van der Waals surface area contributed by atoms with E-state index in [0.29, 0.717) is 18.8 Å². The normalized spacial score (nSPS) is 14.8. The fraction of sp³-hybridized carbons (Fsp3) is 0.273. The van der Waals surface area contributed by atoms with Crippen LogP contribution in [-0.4, -0.2) is 52.6 Å². The van der Waals surface area contributed by atoms with E-state index in [1.165, 1.54) is 36.0 Å². The van der Waals surface area contributed by atoms with Gasteiger partial charge in [-0.3, -0.25) is 9.69 Å². The van der Waals surface area contributed by atoms with Crippen LogP contribution < -0.4 is 0 Å². The van der Waals surface area contributed by atoms with Crippen LogP contribution in [0.15, 0.2) is 58.8 Å². The molecule has 1 aliphatic rings. The number of hydrogen-bond acceptors (Lipinski definition) is 5. The molecule has 0 atom stereocenters. The highest BCUT2D eigenvalue weighted by Crippen LogP contribution is 2.24. The van der Waals surface area contributed by atoms with E-state index in [1.807, 2.05) is 10.3 Å². The van der Waals surface area contributed by atoms with Crippen molar-refractivity contribution < 1.29 is 13.6 Å². The van der Waals surface area contributed by atoms with Gasteiger partial charge in [-0.2, -0.15) is 0 Å². The average molecular weight is 446 g/mol. The van der Waals surface area contributed by atoms with Crippen LogP contribution in [0, 0.1) is 11.6 Å². The monoisotopic (exact) mass is 445 g/mol. The maximum atomic E-state index is 13.1. The molecule has 30 heavy (non-hydrogen) atoms. The highest BCUT2D eigenvalue weighted by Gasteiger charge is 2.22. The van der Waals surface area contributed by atoms with E-state index in [2.05, 4.69) is 9.88 Å². The maximum absolute atomic E-state index is 13.1. The zero-order chi connectivity index (χ0) is 20.9. The Bertz CT molecular complexity index is 984. The lowest BCUT2D eigenvalue weighted by atomic mass is 10.2. The number of aromatic nitrogens is 1. The molecule has 0 unspecified atom stereocenters. The Morgan fingerprint density at radius 2 is 1.60 bits per heavy atom. The van der Waals surface area contributed by atoms with E-state index in [0.717, 1.165) is 40.8 Å². The molecule has 0 bridgehead atoms. The predicted octanol–water partition coefficient (Wildman–Crippen LogP) is 4.52. The predicted molar refractivity (Wildman–Crippen MR) is 116 cm³/mol. The number of amides is 1. The molecular weight excluding hydrogens is 424 g/mol. The Kier molecular flexibility index (Phi) is 6.76. The third-order valence-electron chi connectivity index (χ3n) is 4.95. The Balaban J connectivity index is 1.24. The van der Waals surface area contributed by atoms with Gasteiger partial charge in [0.1, 0.15) is 16.6 Å². The third-order valence-corrected chi connectivity index (χ3v) is 6.78. The number of thiazole rings is 1. The number of carbonyl (C=O) groups excluding carboxylic acids is 1. The summed E-state index contributed by atoms with van der Waals surface area (Å²) in [5.41, 5.74) is 1.77. The van der Waals surface area contributed by atoms with Crippen LogP contribution in [0.4, 0.5) is 8.78 Å². The first-order valence-electron chi connectivity index (χ1n) is 9.66. The summed E-state index contributed by atoms with van der Waals surface area (Å²) in [5.74, 6) is -0.0552. The summed E-state index contributed by atoms with van der Waals surface area (Å²) in [6.45, 7) is 3.74. The Morgan fingerprint density at radius 3 is 2.27 bits per heavy atom. The zero-order valence-corrected chi connectivity index (χ0v) is 17.9. The van der Waals surface area contributed by atoms with Gasteiger partial charge in [-0.15, -0.1) is 23.1 Å². The molecule has 0 aliphatic carbocycles. The molecule has 1 amide bonds. The van der Waals surface area contributed by atoms with Crippen LogP contribution in [0.5, 0.6) is 0 Å².